The van der Waals surface area contributed by atoms with Gasteiger partial charge in [0, 0.05) is 35.8 Å². The lowest BCUT2D eigenvalue weighted by Crippen LogP contribution is -2.30. The summed E-state index contributed by atoms with van der Waals surface area (Å²) >= 11 is 0. The lowest BCUT2D eigenvalue weighted by molar-refractivity contribution is -0.137. The third-order valence-electron chi connectivity index (χ3n) is 4.66. The second kappa shape index (κ2) is 10.0. The van der Waals surface area contributed by atoms with Gasteiger partial charge in [-0.3, -0.25) is 20.0 Å². The van der Waals surface area contributed by atoms with Crippen LogP contribution in [0.2, 0.25) is 0 Å². The zero-order valence-corrected chi connectivity index (χ0v) is 16.7. The Morgan fingerprint density at radius 2 is 1.84 bits per heavy atom. The van der Waals surface area contributed by atoms with E-state index >= 15 is 0 Å². The van der Waals surface area contributed by atoms with Gasteiger partial charge in [-0.25, -0.2) is 0 Å². The maximum absolute atomic E-state index is 12.8. The van der Waals surface area contributed by atoms with E-state index in [9.17, 15) is 14.7 Å². The lowest BCUT2D eigenvalue weighted by atomic mass is 10.0. The normalized spacial score (nSPS) is 11.4. The minimum Gasteiger partial charge on any atom is -0.481 e. The van der Waals surface area contributed by atoms with Crippen molar-refractivity contribution >= 4 is 23.4 Å². The fraction of sp³-hybridized carbons (Fsp3) is 0.130. The fourth-order valence-electron chi connectivity index (χ4n) is 3.03. The molecule has 1 heterocycles. The number of nitrogens with two attached hydrogens (primary N) is 1. The van der Waals surface area contributed by atoms with Gasteiger partial charge in [0.1, 0.15) is 5.84 Å². The highest BCUT2D eigenvalue weighted by molar-refractivity contribution is 5.96. The zero-order valence-electron chi connectivity index (χ0n) is 16.7. The Morgan fingerprint density at radius 3 is 2.48 bits per heavy atom. The van der Waals surface area contributed by atoms with Gasteiger partial charge in [0.2, 0.25) is 0 Å². The van der Waals surface area contributed by atoms with Gasteiger partial charge >= 0.3 is 5.97 Å². The smallest absolute Gasteiger partial charge is 0.305 e. The van der Waals surface area contributed by atoms with Crippen LogP contribution in [-0.4, -0.2) is 27.8 Å². The summed E-state index contributed by atoms with van der Waals surface area (Å²) in [5.74, 6) is -1.37. The highest BCUT2D eigenvalue weighted by Gasteiger charge is 2.19. The van der Waals surface area contributed by atoms with Crippen LogP contribution >= 0.6 is 0 Å². The third kappa shape index (κ3) is 6.14. The first-order valence-corrected chi connectivity index (χ1v) is 9.62. The van der Waals surface area contributed by atoms with Crippen molar-refractivity contribution in [3.63, 3.8) is 0 Å². The number of hydrogen-bond donors (Lipinski definition) is 5. The van der Waals surface area contributed by atoms with Crippen LogP contribution in [0.3, 0.4) is 0 Å². The molecule has 3 rings (SSSR count). The molecule has 1 aromatic heterocycles. The molecule has 0 saturated carbocycles. The number of hydrogen-bond acceptors (Lipinski definition) is 5. The average molecular weight is 417 g/mol. The highest BCUT2D eigenvalue weighted by Crippen LogP contribution is 2.18. The minimum absolute atomic E-state index is 0.0192. The number of carbonyl (C=O) groups excluding carboxylic acids is 1. The molecular formula is C23H23N5O3. The highest BCUT2D eigenvalue weighted by atomic mass is 16.4. The first-order valence-electron chi connectivity index (χ1n) is 9.62. The van der Waals surface area contributed by atoms with Crippen molar-refractivity contribution in [2.75, 3.05) is 5.32 Å². The fourth-order valence-corrected chi connectivity index (χ4v) is 3.03. The van der Waals surface area contributed by atoms with Crippen LogP contribution in [0.25, 0.3) is 0 Å². The Balaban J connectivity index is 1.67. The SMILES string of the molecule is N=C(N)c1ccc(CNc2cccc(C(=O)NC(CC(=O)O)c3cccnc3)c2)cc1. The molecule has 8 heteroatoms. The third-order valence-corrected chi connectivity index (χ3v) is 4.66. The van der Waals surface area contributed by atoms with Crippen LogP contribution in [0.4, 0.5) is 5.69 Å². The van der Waals surface area contributed by atoms with E-state index in [0.29, 0.717) is 23.2 Å². The molecule has 0 aliphatic carbocycles. The molecule has 1 amide bonds. The Labute approximate surface area is 179 Å². The van der Waals surface area contributed by atoms with E-state index in [2.05, 4.69) is 15.6 Å². The van der Waals surface area contributed by atoms with Gasteiger partial charge < -0.3 is 21.5 Å². The molecule has 3 aromatic rings. The van der Waals surface area contributed by atoms with E-state index in [0.717, 1.165) is 11.3 Å². The number of aromatic nitrogens is 1. The Kier molecular flexibility index (Phi) is 6.95. The molecule has 0 fully saturated rings. The van der Waals surface area contributed by atoms with Gasteiger partial charge in [0.25, 0.3) is 5.91 Å². The molecule has 1 atom stereocenters. The summed E-state index contributed by atoms with van der Waals surface area (Å²) in [6, 6.07) is 17.0. The number of carboxylic acids is 1. The molecule has 8 nitrogen and oxygen atoms in total. The van der Waals surface area contributed by atoms with E-state index < -0.39 is 12.0 Å². The van der Waals surface area contributed by atoms with E-state index in [-0.39, 0.29) is 18.2 Å². The molecule has 0 bridgehead atoms. The van der Waals surface area contributed by atoms with Crippen molar-refractivity contribution in [1.82, 2.24) is 10.3 Å². The predicted molar refractivity (Wildman–Crippen MR) is 118 cm³/mol. The number of carbonyl (C=O) groups is 2. The standard InChI is InChI=1S/C23H23N5O3/c24-22(25)16-8-6-15(7-9-16)13-27-19-5-1-3-17(11-19)23(31)28-20(12-21(29)30)18-4-2-10-26-14-18/h1-11,14,20,27H,12-13H2,(H3,24,25)(H,28,31)(H,29,30). The number of rotatable bonds is 9. The van der Waals surface area contributed by atoms with Crippen molar-refractivity contribution < 1.29 is 14.7 Å². The van der Waals surface area contributed by atoms with Crippen LogP contribution in [0.15, 0.2) is 73.1 Å². The van der Waals surface area contributed by atoms with Crippen molar-refractivity contribution in [3.05, 3.63) is 95.3 Å². The van der Waals surface area contributed by atoms with Crippen LogP contribution in [0.5, 0.6) is 0 Å². The number of aliphatic carboxylic acids is 1. The van der Waals surface area contributed by atoms with Gasteiger partial charge in [0.15, 0.2) is 0 Å². The number of nitrogens with one attached hydrogen (secondary N) is 3. The second-order valence-corrected chi connectivity index (χ2v) is 6.96. The van der Waals surface area contributed by atoms with Gasteiger partial charge in [-0.05, 0) is 35.4 Å². The molecule has 31 heavy (non-hydrogen) atoms. The van der Waals surface area contributed by atoms with Gasteiger partial charge in [-0.15, -0.1) is 0 Å². The van der Waals surface area contributed by atoms with Crippen molar-refractivity contribution in [3.8, 4) is 0 Å². The number of carboxylic acid groups (broad SMARTS) is 1. The quantitative estimate of drug-likeness (QED) is 0.268. The van der Waals surface area contributed by atoms with E-state index in [1.807, 2.05) is 18.2 Å². The summed E-state index contributed by atoms with van der Waals surface area (Å²) in [4.78, 5) is 28.0. The Hall–Kier alpha value is -4.20. The monoisotopic (exact) mass is 417 g/mol. The van der Waals surface area contributed by atoms with Crippen LogP contribution < -0.4 is 16.4 Å². The summed E-state index contributed by atoms with van der Waals surface area (Å²) < 4.78 is 0. The molecule has 2 aromatic carbocycles. The van der Waals surface area contributed by atoms with E-state index in [4.69, 9.17) is 11.1 Å². The minimum atomic E-state index is -1.01. The molecule has 0 aliphatic rings. The number of amides is 1. The average Bonchev–Trinajstić information content (AvgIpc) is 2.78. The Morgan fingerprint density at radius 1 is 1.06 bits per heavy atom. The number of nitrogens with zero attached hydrogens (tertiary/aromatic N) is 1. The molecule has 0 spiro atoms. The molecule has 0 saturated heterocycles. The predicted octanol–water partition coefficient (Wildman–Crippen LogP) is 2.92. The Bertz CT molecular complexity index is 1070. The van der Waals surface area contributed by atoms with E-state index in [1.165, 1.54) is 0 Å². The van der Waals surface area contributed by atoms with Crippen molar-refractivity contribution in [2.24, 2.45) is 5.73 Å². The maximum atomic E-state index is 12.8. The number of pyridine rings is 1. The summed E-state index contributed by atoms with van der Waals surface area (Å²) in [5, 5.41) is 22.7. The number of amidine groups is 1. The molecule has 158 valence electrons. The molecular weight excluding hydrogens is 394 g/mol. The molecule has 0 aliphatic heterocycles. The molecule has 6 N–H and O–H groups in total. The maximum Gasteiger partial charge on any atom is 0.305 e. The zero-order chi connectivity index (χ0) is 22.2. The topological polar surface area (TPSA) is 141 Å². The van der Waals surface area contributed by atoms with Gasteiger partial charge in [-0.2, -0.15) is 0 Å². The van der Waals surface area contributed by atoms with Crippen LogP contribution in [0.1, 0.15) is 39.5 Å². The van der Waals surface area contributed by atoms with Crippen LogP contribution in [-0.2, 0) is 11.3 Å². The van der Waals surface area contributed by atoms with Gasteiger partial charge in [0.05, 0.1) is 12.5 Å². The summed E-state index contributed by atoms with van der Waals surface area (Å²) in [7, 11) is 0. The summed E-state index contributed by atoms with van der Waals surface area (Å²) in [6.07, 6.45) is 2.89. The summed E-state index contributed by atoms with van der Waals surface area (Å²) in [5.41, 5.74) is 8.91. The second-order valence-electron chi connectivity index (χ2n) is 6.96. The number of benzene rings is 2. The largest absolute Gasteiger partial charge is 0.481 e. The first-order chi connectivity index (χ1) is 14.9. The number of nitrogen functional groups attached to an aromatic ring is 1. The molecule has 0 radical (unpaired) electrons. The first kappa shape index (κ1) is 21.5. The number of anilines is 1. The molecule has 1 unspecified atom stereocenters. The van der Waals surface area contributed by atoms with Crippen molar-refractivity contribution in [2.45, 2.75) is 19.0 Å². The lowest BCUT2D eigenvalue weighted by Gasteiger charge is -2.17. The van der Waals surface area contributed by atoms with E-state index in [1.54, 1.807) is 54.9 Å². The van der Waals surface area contributed by atoms with Gasteiger partial charge in [-0.1, -0.05) is 36.4 Å². The van der Waals surface area contributed by atoms with Crippen molar-refractivity contribution in [1.29, 1.82) is 5.41 Å². The van der Waals surface area contributed by atoms with Crippen LogP contribution in [0, 0.1) is 5.41 Å². The summed E-state index contributed by atoms with van der Waals surface area (Å²) in [6.45, 7) is 0.528.